The van der Waals surface area contributed by atoms with Crippen LogP contribution in [0.25, 0.3) is 11.3 Å². The summed E-state index contributed by atoms with van der Waals surface area (Å²) in [7, 11) is 1.61. The minimum Gasteiger partial charge on any atom is -0.497 e. The van der Waals surface area contributed by atoms with Gasteiger partial charge in [-0.25, -0.2) is 0 Å². The second-order valence-corrected chi connectivity index (χ2v) is 6.66. The third kappa shape index (κ3) is 3.85. The number of amides is 1. The molecule has 3 aromatic rings. The number of carbonyl (C=O) groups is 1. The molecule has 0 aliphatic carbocycles. The lowest BCUT2D eigenvalue weighted by Gasteiger charge is -2.08. The van der Waals surface area contributed by atoms with Crippen molar-refractivity contribution in [2.45, 2.75) is 19.8 Å². The Morgan fingerprint density at radius 2 is 1.76 bits per heavy atom. The highest BCUT2D eigenvalue weighted by atomic mass is 32.1. The lowest BCUT2D eigenvalue weighted by Crippen LogP contribution is -2.11. The van der Waals surface area contributed by atoms with Gasteiger partial charge in [0.1, 0.15) is 16.3 Å². The summed E-state index contributed by atoms with van der Waals surface area (Å²) in [5.41, 5.74) is 3.39. The predicted octanol–water partition coefficient (Wildman–Crippen LogP) is 4.59. The van der Waals surface area contributed by atoms with Crippen LogP contribution >= 0.6 is 11.5 Å². The highest BCUT2D eigenvalue weighted by Gasteiger charge is 2.18. The first-order valence-electron chi connectivity index (χ1n) is 7.96. The number of rotatable bonds is 5. The highest BCUT2D eigenvalue weighted by molar-refractivity contribution is 7.08. The Morgan fingerprint density at radius 3 is 2.36 bits per heavy atom. The van der Waals surface area contributed by atoms with Crippen molar-refractivity contribution >= 4 is 23.1 Å². The third-order valence-corrected chi connectivity index (χ3v) is 4.62. The molecule has 25 heavy (non-hydrogen) atoms. The maximum absolute atomic E-state index is 12.6. The van der Waals surface area contributed by atoms with Crippen LogP contribution in [0.1, 0.15) is 35.0 Å². The Bertz CT molecular complexity index is 855. The maximum Gasteiger partial charge on any atom is 0.269 e. The molecule has 0 atom stereocenters. The van der Waals surface area contributed by atoms with Gasteiger partial charge >= 0.3 is 0 Å². The summed E-state index contributed by atoms with van der Waals surface area (Å²) in [6, 6.07) is 15.3. The largest absolute Gasteiger partial charge is 0.497 e. The van der Waals surface area contributed by atoms with Crippen LogP contribution in [0.15, 0.2) is 48.5 Å². The Labute approximate surface area is 150 Å². The topological polar surface area (TPSA) is 64.1 Å². The molecule has 1 N–H and O–H groups in total. The summed E-state index contributed by atoms with van der Waals surface area (Å²) in [6.45, 7) is 4.27. The molecule has 0 saturated heterocycles. The molecule has 1 heterocycles. The quantitative estimate of drug-likeness (QED) is 0.729. The smallest absolute Gasteiger partial charge is 0.269 e. The van der Waals surface area contributed by atoms with E-state index in [1.165, 1.54) is 5.56 Å². The first-order valence-corrected chi connectivity index (χ1v) is 8.74. The fourth-order valence-corrected chi connectivity index (χ4v) is 3.00. The molecule has 2 aromatic carbocycles. The van der Waals surface area contributed by atoms with Gasteiger partial charge in [0, 0.05) is 11.3 Å². The molecule has 3 rings (SSSR count). The minimum atomic E-state index is -0.210. The molecule has 5 nitrogen and oxygen atoms in total. The van der Waals surface area contributed by atoms with E-state index in [9.17, 15) is 4.79 Å². The summed E-state index contributed by atoms with van der Waals surface area (Å²) in [5.74, 6) is 0.999. The van der Waals surface area contributed by atoms with Gasteiger partial charge in [0.2, 0.25) is 0 Å². The summed E-state index contributed by atoms with van der Waals surface area (Å²) in [6.07, 6.45) is 0. The molecule has 0 spiro atoms. The number of nitrogens with zero attached hydrogens (tertiary/aromatic N) is 2. The average molecular weight is 353 g/mol. The van der Waals surface area contributed by atoms with Crippen LogP contribution in [0.4, 0.5) is 5.69 Å². The van der Waals surface area contributed by atoms with Crippen LogP contribution in [-0.4, -0.2) is 22.6 Å². The monoisotopic (exact) mass is 353 g/mol. The Balaban J connectivity index is 1.80. The van der Waals surface area contributed by atoms with Gasteiger partial charge in [-0.3, -0.25) is 4.79 Å². The van der Waals surface area contributed by atoms with Gasteiger partial charge in [-0.1, -0.05) is 30.5 Å². The number of hydrogen-bond donors (Lipinski definition) is 1. The van der Waals surface area contributed by atoms with Crippen molar-refractivity contribution in [1.82, 2.24) is 9.59 Å². The molecule has 0 saturated carbocycles. The number of nitrogens with one attached hydrogen (secondary N) is 1. The van der Waals surface area contributed by atoms with Crippen LogP contribution in [0, 0.1) is 0 Å². The van der Waals surface area contributed by atoms with E-state index < -0.39 is 0 Å². The summed E-state index contributed by atoms with van der Waals surface area (Å²) in [4.78, 5) is 13.1. The number of methoxy groups -OCH3 is 1. The summed E-state index contributed by atoms with van der Waals surface area (Å²) < 4.78 is 9.10. The van der Waals surface area contributed by atoms with Gasteiger partial charge in [-0.15, -0.1) is 5.10 Å². The molecule has 0 radical (unpaired) electrons. The van der Waals surface area contributed by atoms with E-state index >= 15 is 0 Å². The molecule has 1 amide bonds. The molecule has 128 valence electrons. The highest BCUT2D eigenvalue weighted by Crippen LogP contribution is 2.27. The van der Waals surface area contributed by atoms with Gasteiger partial charge in [-0.2, -0.15) is 0 Å². The molecule has 6 heteroatoms. The lowest BCUT2D eigenvalue weighted by molar-refractivity contribution is 0.103. The minimum absolute atomic E-state index is 0.210. The first kappa shape index (κ1) is 17.1. The molecule has 1 aromatic heterocycles. The number of ether oxygens (including phenoxy) is 1. The van der Waals surface area contributed by atoms with Crippen molar-refractivity contribution in [3.63, 3.8) is 0 Å². The average Bonchev–Trinajstić information content (AvgIpc) is 3.12. The summed E-state index contributed by atoms with van der Waals surface area (Å²) >= 11 is 1.09. The molecule has 0 unspecified atom stereocenters. The summed E-state index contributed by atoms with van der Waals surface area (Å²) in [5, 5.41) is 7.02. The molecular formula is C19H19N3O2S. The van der Waals surface area contributed by atoms with E-state index in [-0.39, 0.29) is 5.91 Å². The Hall–Kier alpha value is -2.73. The predicted molar refractivity (Wildman–Crippen MR) is 100 cm³/mol. The van der Waals surface area contributed by atoms with Gasteiger partial charge in [-0.05, 0) is 59.4 Å². The SMILES string of the molecule is COc1ccc(-c2nnsc2C(=O)Nc2ccc(C(C)C)cc2)cc1. The van der Waals surface area contributed by atoms with E-state index in [4.69, 9.17) is 4.74 Å². The lowest BCUT2D eigenvalue weighted by atomic mass is 10.0. The second kappa shape index (κ2) is 7.44. The third-order valence-electron chi connectivity index (χ3n) is 3.89. The van der Waals surface area contributed by atoms with E-state index in [0.29, 0.717) is 16.5 Å². The number of carbonyl (C=O) groups excluding carboxylic acids is 1. The van der Waals surface area contributed by atoms with E-state index in [2.05, 4.69) is 28.8 Å². The number of benzene rings is 2. The van der Waals surface area contributed by atoms with Crippen LogP contribution in [0.5, 0.6) is 5.75 Å². The van der Waals surface area contributed by atoms with E-state index in [1.807, 2.05) is 48.5 Å². The van der Waals surface area contributed by atoms with Crippen LogP contribution < -0.4 is 10.1 Å². The van der Waals surface area contributed by atoms with Crippen molar-refractivity contribution in [3.05, 3.63) is 59.0 Å². The zero-order valence-electron chi connectivity index (χ0n) is 14.3. The fourth-order valence-electron chi connectivity index (χ4n) is 2.42. The number of hydrogen-bond acceptors (Lipinski definition) is 5. The fraction of sp³-hybridized carbons (Fsp3) is 0.211. The number of anilines is 1. The van der Waals surface area contributed by atoms with Gasteiger partial charge in [0.25, 0.3) is 5.91 Å². The van der Waals surface area contributed by atoms with Crippen LogP contribution in [-0.2, 0) is 0 Å². The molecule has 0 fully saturated rings. The standard InChI is InChI=1S/C19H19N3O2S/c1-12(2)13-4-8-15(9-5-13)20-19(23)18-17(21-22-25-18)14-6-10-16(24-3)11-7-14/h4-12H,1-3H3,(H,20,23). The molecule has 0 bridgehead atoms. The van der Waals surface area contributed by atoms with Crippen molar-refractivity contribution in [2.24, 2.45) is 0 Å². The Kier molecular flexibility index (Phi) is 5.09. The van der Waals surface area contributed by atoms with Crippen LogP contribution in [0.3, 0.4) is 0 Å². The van der Waals surface area contributed by atoms with Gasteiger partial charge in [0.15, 0.2) is 0 Å². The molecular weight excluding hydrogens is 334 g/mol. The first-order chi connectivity index (χ1) is 12.1. The van der Waals surface area contributed by atoms with Gasteiger partial charge in [0.05, 0.1) is 7.11 Å². The van der Waals surface area contributed by atoms with Crippen molar-refractivity contribution < 1.29 is 9.53 Å². The Morgan fingerprint density at radius 1 is 1.08 bits per heavy atom. The normalized spacial score (nSPS) is 10.7. The zero-order valence-corrected chi connectivity index (χ0v) is 15.1. The zero-order chi connectivity index (χ0) is 17.8. The molecule has 0 aliphatic rings. The van der Waals surface area contributed by atoms with Crippen molar-refractivity contribution in [3.8, 4) is 17.0 Å². The number of aromatic nitrogens is 2. The maximum atomic E-state index is 12.6. The molecule has 0 aliphatic heterocycles. The van der Waals surface area contributed by atoms with Gasteiger partial charge < -0.3 is 10.1 Å². The van der Waals surface area contributed by atoms with E-state index in [1.54, 1.807) is 7.11 Å². The van der Waals surface area contributed by atoms with E-state index in [0.717, 1.165) is 28.5 Å². The van der Waals surface area contributed by atoms with Crippen molar-refractivity contribution in [1.29, 1.82) is 0 Å². The van der Waals surface area contributed by atoms with Crippen molar-refractivity contribution in [2.75, 3.05) is 12.4 Å². The second-order valence-electron chi connectivity index (χ2n) is 5.91. The van der Waals surface area contributed by atoms with Crippen LogP contribution in [0.2, 0.25) is 0 Å².